The van der Waals surface area contributed by atoms with E-state index in [2.05, 4.69) is 36.1 Å². The highest BCUT2D eigenvalue weighted by Crippen LogP contribution is 2.06. The van der Waals surface area contributed by atoms with Crippen molar-refractivity contribution in [2.45, 2.75) is 33.9 Å². The summed E-state index contributed by atoms with van der Waals surface area (Å²) in [6, 6.07) is 7.04. The molecule has 4 nitrogen and oxygen atoms in total. The summed E-state index contributed by atoms with van der Waals surface area (Å²) >= 11 is 0. The lowest BCUT2D eigenvalue weighted by Gasteiger charge is -2.01. The maximum atomic E-state index is 10.8. The Morgan fingerprint density at radius 2 is 1.89 bits per heavy atom. The highest BCUT2D eigenvalue weighted by molar-refractivity contribution is 5.87. The summed E-state index contributed by atoms with van der Waals surface area (Å²) in [7, 11) is 0. The Hall–Kier alpha value is -2.10. The zero-order chi connectivity index (χ0) is 14.0. The van der Waals surface area contributed by atoms with Crippen LogP contribution in [-0.2, 0) is 13.1 Å². The van der Waals surface area contributed by atoms with Crippen LogP contribution in [0.3, 0.4) is 0 Å². The van der Waals surface area contributed by atoms with Gasteiger partial charge >= 0.3 is 5.97 Å². The van der Waals surface area contributed by atoms with Gasteiger partial charge in [0.2, 0.25) is 0 Å². The van der Waals surface area contributed by atoms with Crippen molar-refractivity contribution in [2.24, 2.45) is 0 Å². The van der Waals surface area contributed by atoms with Crippen LogP contribution in [-0.4, -0.2) is 15.6 Å². The Morgan fingerprint density at radius 3 is 2.37 bits per heavy atom. The smallest absolute Gasteiger partial charge is 0.335 e. The van der Waals surface area contributed by atoms with Gasteiger partial charge in [-0.25, -0.2) is 13.9 Å². The molecule has 0 saturated carbocycles. The normalized spacial score (nSPS) is 10.7. The molecule has 2 rings (SSSR count). The first-order valence-corrected chi connectivity index (χ1v) is 6.41. The predicted octanol–water partition coefficient (Wildman–Crippen LogP) is 2.16. The maximum Gasteiger partial charge on any atom is 0.335 e. The number of aryl methyl sites for hydroxylation is 1. The summed E-state index contributed by atoms with van der Waals surface area (Å²) in [5, 5.41) is 8.87. The molecule has 1 N–H and O–H groups in total. The molecule has 2 aromatic rings. The van der Waals surface area contributed by atoms with Crippen LogP contribution >= 0.6 is 0 Å². The van der Waals surface area contributed by atoms with Crippen LogP contribution in [0.25, 0.3) is 0 Å². The third-order valence-corrected chi connectivity index (χ3v) is 3.44. The van der Waals surface area contributed by atoms with E-state index >= 15 is 0 Å². The molecule has 1 aromatic heterocycles. The van der Waals surface area contributed by atoms with Gasteiger partial charge in [0.1, 0.15) is 18.4 Å². The minimum absolute atomic E-state index is 0.327. The van der Waals surface area contributed by atoms with Crippen molar-refractivity contribution in [2.75, 3.05) is 0 Å². The second-order valence-electron chi connectivity index (χ2n) is 4.69. The first-order valence-electron chi connectivity index (χ1n) is 6.41. The van der Waals surface area contributed by atoms with E-state index in [-0.39, 0.29) is 0 Å². The van der Waals surface area contributed by atoms with Crippen LogP contribution in [0.4, 0.5) is 0 Å². The Kier molecular flexibility index (Phi) is 3.69. The third kappa shape index (κ3) is 2.67. The van der Waals surface area contributed by atoms with Crippen LogP contribution in [0.1, 0.15) is 34.4 Å². The predicted molar refractivity (Wildman–Crippen MR) is 72.3 cm³/mol. The molecular formula is C15H19N2O2+. The van der Waals surface area contributed by atoms with E-state index in [1.807, 2.05) is 12.1 Å². The number of imidazole rings is 1. The van der Waals surface area contributed by atoms with Crippen molar-refractivity contribution in [3.63, 3.8) is 0 Å². The Morgan fingerprint density at radius 1 is 1.26 bits per heavy atom. The Bertz CT molecular complexity index is 597. The molecule has 19 heavy (non-hydrogen) atoms. The van der Waals surface area contributed by atoms with E-state index in [9.17, 15) is 4.79 Å². The highest BCUT2D eigenvalue weighted by Gasteiger charge is 2.15. The Balaban J connectivity index is 2.24. The number of carboxylic acids is 1. The van der Waals surface area contributed by atoms with Gasteiger partial charge in [-0.05, 0) is 24.6 Å². The zero-order valence-electron chi connectivity index (χ0n) is 11.6. The van der Waals surface area contributed by atoms with E-state index in [1.54, 1.807) is 12.1 Å². The van der Waals surface area contributed by atoms with Crippen molar-refractivity contribution in [3.8, 4) is 0 Å². The van der Waals surface area contributed by atoms with Gasteiger partial charge in [0, 0.05) is 13.8 Å². The minimum atomic E-state index is -0.886. The fraction of sp³-hybridized carbons (Fsp3) is 0.333. The van der Waals surface area contributed by atoms with E-state index in [4.69, 9.17) is 5.11 Å². The summed E-state index contributed by atoms with van der Waals surface area (Å²) in [5.74, 6) is 0.325. The van der Waals surface area contributed by atoms with Crippen molar-refractivity contribution in [1.82, 2.24) is 4.57 Å². The lowest BCUT2D eigenvalue weighted by atomic mass is 10.1. The number of rotatable bonds is 4. The molecule has 0 bridgehead atoms. The molecule has 0 atom stereocenters. The molecule has 0 fully saturated rings. The van der Waals surface area contributed by atoms with Gasteiger partial charge in [-0.1, -0.05) is 12.1 Å². The summed E-state index contributed by atoms with van der Waals surface area (Å²) in [5.41, 5.74) is 2.67. The first-order chi connectivity index (χ1) is 9.02. The van der Waals surface area contributed by atoms with Crippen LogP contribution in [0, 0.1) is 13.8 Å². The number of carboxylic acid groups (broad SMARTS) is 1. The molecular weight excluding hydrogens is 240 g/mol. The van der Waals surface area contributed by atoms with Gasteiger partial charge in [0.25, 0.3) is 5.82 Å². The molecule has 0 unspecified atom stereocenters. The van der Waals surface area contributed by atoms with Gasteiger partial charge in [-0.2, -0.15) is 0 Å². The van der Waals surface area contributed by atoms with Crippen molar-refractivity contribution in [1.29, 1.82) is 0 Å². The fourth-order valence-corrected chi connectivity index (χ4v) is 2.39. The first kappa shape index (κ1) is 13.3. The quantitative estimate of drug-likeness (QED) is 0.855. The lowest BCUT2D eigenvalue weighted by molar-refractivity contribution is -0.694. The summed E-state index contributed by atoms with van der Waals surface area (Å²) in [6.45, 7) is 8.05. The molecule has 1 aromatic carbocycles. The second-order valence-corrected chi connectivity index (χ2v) is 4.69. The van der Waals surface area contributed by atoms with Crippen molar-refractivity contribution >= 4 is 5.97 Å². The van der Waals surface area contributed by atoms with Crippen molar-refractivity contribution in [3.05, 3.63) is 53.1 Å². The van der Waals surface area contributed by atoms with Gasteiger partial charge < -0.3 is 5.11 Å². The summed E-state index contributed by atoms with van der Waals surface area (Å²) in [4.78, 5) is 10.8. The molecule has 0 amide bonds. The summed E-state index contributed by atoms with van der Waals surface area (Å²) in [6.07, 6.45) is 2.13. The molecule has 0 spiro atoms. The number of nitrogens with zero attached hydrogens (tertiary/aromatic N) is 2. The van der Waals surface area contributed by atoms with Gasteiger partial charge in [-0.3, -0.25) is 0 Å². The molecule has 4 heteroatoms. The number of aromatic carboxylic acids is 1. The standard InChI is InChI=1S/C15H18N2O2/c1-4-17-11(2)9-16(12(17)3)10-13-5-7-14(8-6-13)15(18)19/h5-9H,4,10H2,1-3H3/p+1. The molecule has 1 heterocycles. The zero-order valence-corrected chi connectivity index (χ0v) is 11.6. The summed E-state index contributed by atoms with van der Waals surface area (Å²) < 4.78 is 4.44. The average molecular weight is 259 g/mol. The van der Waals surface area contributed by atoms with Crippen LogP contribution in [0.5, 0.6) is 0 Å². The SMILES string of the molecule is CCn1c(C)c[n+](Cc2ccc(C(=O)O)cc2)c1C. The molecule has 0 aliphatic carbocycles. The van der Waals surface area contributed by atoms with Crippen LogP contribution in [0.2, 0.25) is 0 Å². The highest BCUT2D eigenvalue weighted by atomic mass is 16.4. The van der Waals surface area contributed by atoms with Gasteiger partial charge in [0.05, 0.1) is 12.1 Å². The van der Waals surface area contributed by atoms with E-state index in [1.165, 1.54) is 11.5 Å². The molecule has 0 aliphatic rings. The fourth-order valence-electron chi connectivity index (χ4n) is 2.39. The minimum Gasteiger partial charge on any atom is -0.478 e. The second kappa shape index (κ2) is 5.26. The van der Waals surface area contributed by atoms with E-state index in [0.29, 0.717) is 5.56 Å². The van der Waals surface area contributed by atoms with Gasteiger partial charge in [-0.15, -0.1) is 0 Å². The maximum absolute atomic E-state index is 10.8. The number of hydrogen-bond donors (Lipinski definition) is 1. The Labute approximate surface area is 112 Å². The van der Waals surface area contributed by atoms with Crippen LogP contribution < -0.4 is 4.57 Å². The molecule has 100 valence electrons. The van der Waals surface area contributed by atoms with Gasteiger partial charge in [0.15, 0.2) is 0 Å². The lowest BCUT2D eigenvalue weighted by Crippen LogP contribution is -2.36. The third-order valence-electron chi connectivity index (χ3n) is 3.44. The van der Waals surface area contributed by atoms with E-state index in [0.717, 1.165) is 18.7 Å². The number of aromatic nitrogens is 2. The molecule has 0 saturated heterocycles. The van der Waals surface area contributed by atoms with Crippen LogP contribution in [0.15, 0.2) is 30.5 Å². The largest absolute Gasteiger partial charge is 0.478 e. The topological polar surface area (TPSA) is 46.1 Å². The molecule has 0 radical (unpaired) electrons. The number of benzene rings is 1. The van der Waals surface area contributed by atoms with E-state index < -0.39 is 5.97 Å². The number of hydrogen-bond acceptors (Lipinski definition) is 1. The number of carbonyl (C=O) groups is 1. The molecule has 0 aliphatic heterocycles. The van der Waals surface area contributed by atoms with Crippen molar-refractivity contribution < 1.29 is 14.5 Å². The average Bonchev–Trinajstić information content (AvgIpc) is 2.64. The monoisotopic (exact) mass is 259 g/mol.